The van der Waals surface area contributed by atoms with Crippen molar-refractivity contribution in [3.8, 4) is 0 Å². The molecule has 7 nitrogen and oxygen atoms in total. The molecule has 0 unspecified atom stereocenters. The number of Topliss-reactive ketones (excluding diaryl/α,β-unsaturated/α-hetero) is 1. The van der Waals surface area contributed by atoms with Crippen molar-refractivity contribution < 1.29 is 4.79 Å². The summed E-state index contributed by atoms with van der Waals surface area (Å²) in [6.45, 7) is 0.476. The summed E-state index contributed by atoms with van der Waals surface area (Å²) < 4.78 is 6.63. The highest BCUT2D eigenvalue weighted by atomic mass is 79.9. The summed E-state index contributed by atoms with van der Waals surface area (Å²) in [5.41, 5.74) is 5.37. The van der Waals surface area contributed by atoms with Crippen molar-refractivity contribution in [3.63, 3.8) is 0 Å². The lowest BCUT2D eigenvalue weighted by Gasteiger charge is -2.04. The van der Waals surface area contributed by atoms with Crippen molar-refractivity contribution in [2.45, 2.75) is 38.1 Å². The first-order valence-electron chi connectivity index (χ1n) is 10.9. The molecule has 33 heavy (non-hydrogen) atoms. The van der Waals surface area contributed by atoms with E-state index in [4.69, 9.17) is 11.6 Å². The van der Waals surface area contributed by atoms with Crippen LogP contribution < -0.4 is 0 Å². The molecule has 0 N–H and O–H groups in total. The molecule has 0 aliphatic heterocycles. The molecule has 0 radical (unpaired) electrons. The predicted octanol–water partition coefficient (Wildman–Crippen LogP) is 5.34. The Morgan fingerprint density at radius 3 is 2.94 bits per heavy atom. The fraction of sp³-hybridized carbons (Fsp3) is 0.250. The summed E-state index contributed by atoms with van der Waals surface area (Å²) in [6, 6.07) is 8.07. The molecule has 0 atom stereocenters. The molecule has 1 fully saturated rings. The maximum atomic E-state index is 12.8. The SMILES string of the molecule is O=C(CCc1ncn2ccc(Br)cc12)c1cnn(Cc2cn3c(Cl)c(C4CC4)ccc3n2)c1. The number of nitrogens with zero attached hydrogens (tertiary/aromatic N) is 6. The Kier molecular flexibility index (Phi) is 5.07. The zero-order valence-corrected chi connectivity index (χ0v) is 20.0. The van der Waals surface area contributed by atoms with Crippen LogP contribution in [0, 0.1) is 0 Å². The highest BCUT2D eigenvalue weighted by molar-refractivity contribution is 9.10. The fourth-order valence-corrected chi connectivity index (χ4v) is 4.90. The summed E-state index contributed by atoms with van der Waals surface area (Å²) in [5, 5.41) is 5.11. The van der Waals surface area contributed by atoms with Crippen molar-refractivity contribution in [1.82, 2.24) is 28.5 Å². The second-order valence-corrected chi connectivity index (χ2v) is 9.77. The first-order valence-corrected chi connectivity index (χ1v) is 12.1. The van der Waals surface area contributed by atoms with Crippen LogP contribution in [0.4, 0.5) is 0 Å². The standard InChI is InChI=1S/C24H20BrClN6O/c25-17-7-8-30-14-27-20(21(30)9-17)4-5-22(33)16-10-28-31(11-16)12-18-13-32-23(29-18)6-3-19(24(32)26)15-1-2-15/h3,6-11,13-15H,1-2,4-5,12H2. The van der Waals surface area contributed by atoms with Gasteiger partial charge in [0.25, 0.3) is 0 Å². The molecule has 0 saturated heterocycles. The summed E-state index contributed by atoms with van der Waals surface area (Å²) in [5.74, 6) is 0.624. The zero-order chi connectivity index (χ0) is 22.5. The molecule has 6 rings (SSSR count). The average Bonchev–Trinajstić information content (AvgIpc) is 3.20. The number of imidazole rings is 2. The summed E-state index contributed by atoms with van der Waals surface area (Å²) in [6.07, 6.45) is 12.4. The molecule has 1 aliphatic rings. The van der Waals surface area contributed by atoms with E-state index in [1.54, 1.807) is 23.4 Å². The van der Waals surface area contributed by atoms with Gasteiger partial charge in [-0.05, 0) is 48.9 Å². The van der Waals surface area contributed by atoms with Crippen LogP contribution >= 0.6 is 27.5 Å². The van der Waals surface area contributed by atoms with Gasteiger partial charge in [-0.3, -0.25) is 13.9 Å². The third-order valence-corrected chi connectivity index (χ3v) is 7.00. The molecule has 0 amide bonds. The minimum Gasteiger partial charge on any atom is -0.306 e. The molecular formula is C24H20BrClN6O. The van der Waals surface area contributed by atoms with Gasteiger partial charge in [-0.25, -0.2) is 9.97 Å². The number of ketones is 1. The molecule has 5 aromatic rings. The Balaban J connectivity index is 1.15. The largest absolute Gasteiger partial charge is 0.306 e. The number of rotatable bonds is 7. The van der Waals surface area contributed by atoms with Gasteiger partial charge in [0.15, 0.2) is 5.78 Å². The lowest BCUT2D eigenvalue weighted by atomic mass is 10.1. The van der Waals surface area contributed by atoms with Crippen LogP contribution in [-0.2, 0) is 13.0 Å². The second-order valence-electron chi connectivity index (χ2n) is 8.49. The Bertz CT molecular complexity index is 1510. The molecule has 0 bridgehead atoms. The Morgan fingerprint density at radius 1 is 1.21 bits per heavy atom. The first-order chi connectivity index (χ1) is 16.0. The molecule has 166 valence electrons. The topological polar surface area (TPSA) is 69.5 Å². The number of aryl methyl sites for hydroxylation is 1. The molecule has 5 heterocycles. The molecule has 9 heteroatoms. The van der Waals surface area contributed by atoms with Gasteiger partial charge in [-0.15, -0.1) is 0 Å². The van der Waals surface area contributed by atoms with Crippen LogP contribution in [-0.4, -0.2) is 34.3 Å². The Hall–Kier alpha value is -2.97. The van der Waals surface area contributed by atoms with E-state index in [2.05, 4.69) is 37.1 Å². The number of hydrogen-bond donors (Lipinski definition) is 0. The second kappa shape index (κ2) is 8.11. The van der Waals surface area contributed by atoms with Crippen molar-refractivity contribution in [3.05, 3.63) is 87.5 Å². The normalized spacial score (nSPS) is 13.9. The quantitative estimate of drug-likeness (QED) is 0.213. The lowest BCUT2D eigenvalue weighted by Crippen LogP contribution is -2.02. The third kappa shape index (κ3) is 3.98. The number of carbonyl (C=O) groups excluding carboxylic acids is 1. The molecular weight excluding hydrogens is 504 g/mol. The van der Waals surface area contributed by atoms with E-state index in [0.29, 0.717) is 30.9 Å². The van der Waals surface area contributed by atoms with Crippen LogP contribution in [0.15, 0.2) is 59.9 Å². The fourth-order valence-electron chi connectivity index (χ4n) is 4.21. The van der Waals surface area contributed by atoms with E-state index in [-0.39, 0.29) is 5.78 Å². The van der Waals surface area contributed by atoms with Crippen molar-refractivity contribution in [2.24, 2.45) is 0 Å². The highest BCUT2D eigenvalue weighted by Gasteiger charge is 2.27. The van der Waals surface area contributed by atoms with Crippen LogP contribution in [0.1, 0.15) is 52.5 Å². The van der Waals surface area contributed by atoms with E-state index in [0.717, 1.165) is 32.2 Å². The van der Waals surface area contributed by atoms with Gasteiger partial charge in [0.2, 0.25) is 0 Å². The predicted molar refractivity (Wildman–Crippen MR) is 129 cm³/mol. The Morgan fingerprint density at radius 2 is 2.09 bits per heavy atom. The van der Waals surface area contributed by atoms with Crippen LogP contribution in [0.25, 0.3) is 11.2 Å². The number of fused-ring (bicyclic) bond motifs is 2. The van der Waals surface area contributed by atoms with Crippen molar-refractivity contribution >= 4 is 44.5 Å². The average molecular weight is 524 g/mol. The monoisotopic (exact) mass is 522 g/mol. The molecule has 0 aromatic carbocycles. The van der Waals surface area contributed by atoms with Gasteiger partial charge < -0.3 is 4.40 Å². The molecule has 1 saturated carbocycles. The number of pyridine rings is 2. The molecule has 0 spiro atoms. The molecule has 5 aromatic heterocycles. The van der Waals surface area contributed by atoms with E-state index < -0.39 is 0 Å². The number of carbonyl (C=O) groups is 1. The number of hydrogen-bond acceptors (Lipinski definition) is 4. The molecule has 1 aliphatic carbocycles. The van der Waals surface area contributed by atoms with Gasteiger partial charge in [-0.2, -0.15) is 5.10 Å². The third-order valence-electron chi connectivity index (χ3n) is 6.11. The minimum atomic E-state index is 0.0458. The number of aromatic nitrogens is 6. The minimum absolute atomic E-state index is 0.0458. The number of halogens is 2. The van der Waals surface area contributed by atoms with E-state index in [1.807, 2.05) is 39.4 Å². The Labute approximate surface area is 203 Å². The summed E-state index contributed by atoms with van der Waals surface area (Å²) in [4.78, 5) is 21.9. The maximum Gasteiger partial charge on any atom is 0.166 e. The lowest BCUT2D eigenvalue weighted by molar-refractivity contribution is 0.0982. The smallest absolute Gasteiger partial charge is 0.166 e. The first kappa shape index (κ1) is 20.6. The van der Waals surface area contributed by atoms with Crippen LogP contribution in [0.5, 0.6) is 0 Å². The van der Waals surface area contributed by atoms with Gasteiger partial charge in [0.05, 0.1) is 41.5 Å². The van der Waals surface area contributed by atoms with Gasteiger partial charge >= 0.3 is 0 Å². The van der Waals surface area contributed by atoms with Gasteiger partial charge in [-0.1, -0.05) is 33.6 Å². The van der Waals surface area contributed by atoms with Crippen LogP contribution in [0.2, 0.25) is 5.15 Å². The van der Waals surface area contributed by atoms with E-state index in [9.17, 15) is 4.79 Å². The van der Waals surface area contributed by atoms with Gasteiger partial charge in [0.1, 0.15) is 10.8 Å². The van der Waals surface area contributed by atoms with E-state index in [1.165, 1.54) is 18.4 Å². The van der Waals surface area contributed by atoms with Crippen molar-refractivity contribution in [2.75, 3.05) is 0 Å². The van der Waals surface area contributed by atoms with E-state index >= 15 is 0 Å². The van der Waals surface area contributed by atoms with Crippen molar-refractivity contribution in [1.29, 1.82) is 0 Å². The van der Waals surface area contributed by atoms with Crippen LogP contribution in [0.3, 0.4) is 0 Å². The summed E-state index contributed by atoms with van der Waals surface area (Å²) in [7, 11) is 0. The maximum absolute atomic E-state index is 12.8. The van der Waals surface area contributed by atoms with Gasteiger partial charge in [0, 0.05) is 29.5 Å². The highest BCUT2D eigenvalue weighted by Crippen LogP contribution is 2.43. The zero-order valence-electron chi connectivity index (χ0n) is 17.7. The summed E-state index contributed by atoms with van der Waals surface area (Å²) >= 11 is 10.1.